The van der Waals surface area contributed by atoms with Gasteiger partial charge in [0, 0.05) is 32.1 Å². The van der Waals surface area contributed by atoms with Gasteiger partial charge in [-0.05, 0) is 49.0 Å². The Labute approximate surface area is 167 Å². The van der Waals surface area contributed by atoms with Crippen LogP contribution in [0.25, 0.3) is 0 Å². The van der Waals surface area contributed by atoms with Crippen molar-refractivity contribution in [1.29, 1.82) is 0 Å². The number of ether oxygens (including phenoxy) is 1. The van der Waals surface area contributed by atoms with Gasteiger partial charge in [0.05, 0.1) is 0 Å². The number of nitrogens with one attached hydrogen (secondary N) is 2. The smallest absolute Gasteiger partial charge is 0.268 e. The first-order valence-electron chi connectivity index (χ1n) is 8.55. The Bertz CT molecular complexity index is 1130. The largest absolute Gasteiger partial charge is 0.439 e. The molecule has 3 aromatic rings. The zero-order valence-corrected chi connectivity index (χ0v) is 16.5. The van der Waals surface area contributed by atoms with E-state index in [0.717, 1.165) is 5.56 Å². The van der Waals surface area contributed by atoms with Gasteiger partial charge >= 0.3 is 0 Å². The first-order valence-corrected chi connectivity index (χ1v) is 10.0. The van der Waals surface area contributed by atoms with Gasteiger partial charge in [0.1, 0.15) is 22.2 Å². The number of amides is 1. The van der Waals surface area contributed by atoms with Crippen LogP contribution in [0.5, 0.6) is 11.6 Å². The topological polar surface area (TPSA) is 102 Å². The van der Waals surface area contributed by atoms with Crippen LogP contribution < -0.4 is 14.8 Å². The van der Waals surface area contributed by atoms with E-state index < -0.39 is 15.9 Å². The standard InChI is InChI=1S/C19H19FN4O4S/c1-21-29(26,27)16-10-17(24(2)12-16)19(25)23-11-13-7-8-22-18(9-13)28-15-5-3-14(20)4-6-15/h3-10,12,21H,11H2,1-2H3,(H,23,25). The van der Waals surface area contributed by atoms with Gasteiger partial charge in [-0.1, -0.05) is 0 Å². The molecule has 0 bridgehead atoms. The predicted molar refractivity (Wildman–Crippen MR) is 104 cm³/mol. The van der Waals surface area contributed by atoms with E-state index in [0.29, 0.717) is 11.6 Å². The van der Waals surface area contributed by atoms with Gasteiger partial charge in [-0.25, -0.2) is 22.5 Å². The molecule has 0 saturated heterocycles. The van der Waals surface area contributed by atoms with Gasteiger partial charge in [0.25, 0.3) is 5.91 Å². The molecule has 2 heterocycles. The quantitative estimate of drug-likeness (QED) is 0.612. The molecule has 0 unspecified atom stereocenters. The number of aryl methyl sites for hydroxylation is 1. The highest BCUT2D eigenvalue weighted by atomic mass is 32.2. The van der Waals surface area contributed by atoms with Crippen LogP contribution >= 0.6 is 0 Å². The molecule has 1 amide bonds. The lowest BCUT2D eigenvalue weighted by Gasteiger charge is -2.08. The molecule has 0 radical (unpaired) electrons. The number of halogens is 1. The zero-order chi connectivity index (χ0) is 21.0. The van der Waals surface area contributed by atoms with E-state index in [1.807, 2.05) is 0 Å². The Balaban J connectivity index is 1.67. The van der Waals surface area contributed by atoms with Gasteiger partial charge in [-0.3, -0.25) is 4.79 Å². The minimum absolute atomic E-state index is 0.00606. The van der Waals surface area contributed by atoms with Gasteiger partial charge in [0.15, 0.2) is 0 Å². The summed E-state index contributed by atoms with van der Waals surface area (Å²) in [7, 11) is -0.747. The number of hydrogen-bond acceptors (Lipinski definition) is 5. The van der Waals surface area contributed by atoms with Crippen molar-refractivity contribution in [3.8, 4) is 11.6 Å². The Morgan fingerprint density at radius 2 is 1.93 bits per heavy atom. The van der Waals surface area contributed by atoms with Crippen molar-refractivity contribution in [2.24, 2.45) is 7.05 Å². The van der Waals surface area contributed by atoms with Crippen molar-refractivity contribution in [2.75, 3.05) is 7.05 Å². The fourth-order valence-corrected chi connectivity index (χ4v) is 3.34. The number of hydrogen-bond donors (Lipinski definition) is 2. The molecule has 0 atom stereocenters. The number of sulfonamides is 1. The van der Waals surface area contributed by atoms with Crippen molar-refractivity contribution in [3.05, 3.63) is 71.9 Å². The van der Waals surface area contributed by atoms with Crippen molar-refractivity contribution >= 4 is 15.9 Å². The summed E-state index contributed by atoms with van der Waals surface area (Å²) in [6.07, 6.45) is 2.89. The fraction of sp³-hybridized carbons (Fsp3) is 0.158. The third kappa shape index (κ3) is 4.98. The van der Waals surface area contributed by atoms with Crippen molar-refractivity contribution in [2.45, 2.75) is 11.4 Å². The first-order chi connectivity index (χ1) is 13.8. The van der Waals surface area contributed by atoms with Crippen molar-refractivity contribution < 1.29 is 22.3 Å². The fourth-order valence-electron chi connectivity index (χ4n) is 2.54. The first kappa shape index (κ1) is 20.5. The molecule has 152 valence electrons. The number of carbonyl (C=O) groups excluding carboxylic acids is 1. The maximum Gasteiger partial charge on any atom is 0.268 e. The summed E-state index contributed by atoms with van der Waals surface area (Å²) in [5.41, 5.74) is 0.929. The third-order valence-corrected chi connectivity index (χ3v) is 5.46. The van der Waals surface area contributed by atoms with Gasteiger partial charge in [-0.2, -0.15) is 0 Å². The molecule has 2 aromatic heterocycles. The molecule has 8 nitrogen and oxygen atoms in total. The Morgan fingerprint density at radius 3 is 2.62 bits per heavy atom. The lowest BCUT2D eigenvalue weighted by molar-refractivity contribution is 0.0942. The summed E-state index contributed by atoms with van der Waals surface area (Å²) < 4.78 is 45.9. The van der Waals surface area contributed by atoms with E-state index in [-0.39, 0.29) is 23.0 Å². The summed E-state index contributed by atoms with van der Waals surface area (Å²) >= 11 is 0. The molecular weight excluding hydrogens is 399 g/mol. The van der Waals surface area contributed by atoms with Crippen LogP contribution in [0.2, 0.25) is 0 Å². The average Bonchev–Trinajstić information content (AvgIpc) is 3.11. The second-order valence-corrected chi connectivity index (χ2v) is 8.01. The van der Waals surface area contributed by atoms with E-state index in [2.05, 4.69) is 15.0 Å². The molecule has 10 heteroatoms. The van der Waals surface area contributed by atoms with Gasteiger partial charge < -0.3 is 14.6 Å². The number of rotatable bonds is 7. The summed E-state index contributed by atoms with van der Waals surface area (Å²) in [6, 6.07) is 10.2. The van der Waals surface area contributed by atoms with Gasteiger partial charge in [0.2, 0.25) is 15.9 Å². The average molecular weight is 418 g/mol. The Kier molecular flexibility index (Phi) is 5.95. The van der Waals surface area contributed by atoms with Gasteiger partial charge in [-0.15, -0.1) is 0 Å². The Morgan fingerprint density at radius 1 is 1.21 bits per heavy atom. The highest BCUT2D eigenvalue weighted by Gasteiger charge is 2.19. The van der Waals surface area contributed by atoms with E-state index in [4.69, 9.17) is 4.74 Å². The van der Waals surface area contributed by atoms with E-state index in [1.54, 1.807) is 19.2 Å². The van der Waals surface area contributed by atoms with Crippen LogP contribution in [-0.4, -0.2) is 30.9 Å². The summed E-state index contributed by atoms with van der Waals surface area (Å²) in [5, 5.41) is 2.73. The third-order valence-electron chi connectivity index (χ3n) is 4.08. The molecule has 0 aliphatic heterocycles. The molecule has 29 heavy (non-hydrogen) atoms. The molecule has 3 rings (SSSR count). The van der Waals surface area contributed by atoms with Crippen LogP contribution in [0, 0.1) is 5.82 Å². The SMILES string of the molecule is CNS(=O)(=O)c1cc(C(=O)NCc2ccnc(Oc3ccc(F)cc3)c2)n(C)c1. The normalized spacial score (nSPS) is 11.3. The van der Waals surface area contributed by atoms with E-state index >= 15 is 0 Å². The lowest BCUT2D eigenvalue weighted by Crippen LogP contribution is -2.24. The monoisotopic (exact) mass is 418 g/mol. The van der Waals surface area contributed by atoms with Crippen molar-refractivity contribution in [3.63, 3.8) is 0 Å². The van der Waals surface area contributed by atoms with Crippen LogP contribution in [0.1, 0.15) is 16.1 Å². The van der Waals surface area contributed by atoms with Crippen molar-refractivity contribution in [1.82, 2.24) is 19.6 Å². The number of nitrogens with zero attached hydrogens (tertiary/aromatic N) is 2. The summed E-state index contributed by atoms with van der Waals surface area (Å²) in [5.74, 6) is -0.0669. The molecule has 0 spiro atoms. The predicted octanol–water partition coefficient (Wildman–Crippen LogP) is 2.19. The molecule has 0 fully saturated rings. The zero-order valence-electron chi connectivity index (χ0n) is 15.7. The summed E-state index contributed by atoms with van der Waals surface area (Å²) in [4.78, 5) is 16.5. The van der Waals surface area contributed by atoms with Crippen LogP contribution in [0.4, 0.5) is 4.39 Å². The molecule has 0 aliphatic rings. The summed E-state index contributed by atoms with van der Waals surface area (Å²) in [6.45, 7) is 0.181. The molecule has 0 aliphatic carbocycles. The van der Waals surface area contributed by atoms with Crippen LogP contribution in [0.15, 0.2) is 59.8 Å². The van der Waals surface area contributed by atoms with E-state index in [1.165, 1.54) is 54.3 Å². The highest BCUT2D eigenvalue weighted by Crippen LogP contribution is 2.20. The lowest BCUT2D eigenvalue weighted by atomic mass is 10.2. The highest BCUT2D eigenvalue weighted by molar-refractivity contribution is 7.89. The second-order valence-electron chi connectivity index (χ2n) is 6.12. The van der Waals surface area contributed by atoms with Crippen LogP contribution in [0.3, 0.4) is 0 Å². The number of aromatic nitrogens is 2. The number of pyridine rings is 1. The molecule has 1 aromatic carbocycles. The molecule has 2 N–H and O–H groups in total. The van der Waals surface area contributed by atoms with Crippen LogP contribution in [-0.2, 0) is 23.6 Å². The van der Waals surface area contributed by atoms with E-state index in [9.17, 15) is 17.6 Å². The Hall–Kier alpha value is -3.24. The molecular formula is C19H19FN4O4S. The minimum atomic E-state index is -3.64. The second kappa shape index (κ2) is 8.41. The maximum absolute atomic E-state index is 13.0. The number of benzene rings is 1. The minimum Gasteiger partial charge on any atom is -0.439 e. The number of carbonyl (C=O) groups is 1. The molecule has 0 saturated carbocycles. The maximum atomic E-state index is 13.0.